The molecule has 67 heavy (non-hydrogen) atoms. The Balaban J connectivity index is 1.14. The van der Waals surface area contributed by atoms with Gasteiger partial charge in [0.05, 0.1) is 5.52 Å². The van der Waals surface area contributed by atoms with Gasteiger partial charge in [-0.1, -0.05) is 163 Å². The van der Waals surface area contributed by atoms with Crippen LogP contribution in [0.3, 0.4) is 0 Å². The second-order valence-corrected chi connectivity index (χ2v) is 18.9. The first-order valence-electron chi connectivity index (χ1n) is 23.2. The van der Waals surface area contributed by atoms with Gasteiger partial charge >= 0.3 is 0 Å². The molecule has 0 unspecified atom stereocenters. The summed E-state index contributed by atoms with van der Waals surface area (Å²) in [4.78, 5) is 2.36. The number of nitrogens with zero attached hydrogens (tertiary/aromatic N) is 2. The van der Waals surface area contributed by atoms with Crippen molar-refractivity contribution in [2.45, 2.75) is 12.8 Å². The van der Waals surface area contributed by atoms with Gasteiger partial charge in [-0.2, -0.15) is 0 Å². The third-order valence-electron chi connectivity index (χ3n) is 13.7. The monoisotopic (exact) mass is 873 g/mol. The van der Waals surface area contributed by atoms with Crippen LogP contribution in [0.5, 0.6) is 0 Å². The van der Waals surface area contributed by atoms with E-state index in [0.29, 0.717) is 0 Å². The molecule has 1 aliphatic rings. The fraction of sp³-hybridized carbons (Fsp3) is 0.0323. The van der Waals surface area contributed by atoms with E-state index in [1.54, 1.807) is 0 Å². The largest absolute Gasteiger partial charge is 0.355 e. The molecule has 1 aliphatic heterocycles. The molecular formula is C62H44BN3S. The van der Waals surface area contributed by atoms with Gasteiger partial charge in [0.2, 0.25) is 0 Å². The number of thiophene rings is 1. The van der Waals surface area contributed by atoms with E-state index in [1.165, 1.54) is 86.4 Å². The maximum atomic E-state index is 3.99. The number of aromatic nitrogens is 1. The molecule has 316 valence electrons. The zero-order chi connectivity index (χ0) is 44.4. The van der Waals surface area contributed by atoms with E-state index >= 15 is 0 Å². The predicted octanol–water partition coefficient (Wildman–Crippen LogP) is 15.2. The van der Waals surface area contributed by atoms with Crippen LogP contribution in [0.25, 0.3) is 58.8 Å². The molecule has 0 atom stereocenters. The number of aryl methyl sites for hydroxylation is 1. The van der Waals surface area contributed by atoms with Crippen molar-refractivity contribution in [3.63, 3.8) is 0 Å². The Morgan fingerprint density at radius 2 is 1.12 bits per heavy atom. The van der Waals surface area contributed by atoms with Crippen molar-refractivity contribution in [1.82, 2.24) is 4.57 Å². The van der Waals surface area contributed by atoms with Crippen LogP contribution in [0.15, 0.2) is 231 Å². The Hall–Kier alpha value is -8.12. The van der Waals surface area contributed by atoms with Crippen LogP contribution in [0.4, 0.5) is 28.4 Å². The molecule has 0 amide bonds. The van der Waals surface area contributed by atoms with Gasteiger partial charge < -0.3 is 14.8 Å². The summed E-state index contributed by atoms with van der Waals surface area (Å²) < 4.78 is 5.26. The number of fused-ring (bicyclic) bond motifs is 8. The van der Waals surface area contributed by atoms with E-state index in [4.69, 9.17) is 0 Å². The fourth-order valence-corrected chi connectivity index (χ4v) is 11.9. The van der Waals surface area contributed by atoms with Crippen LogP contribution in [0, 0.1) is 6.92 Å². The van der Waals surface area contributed by atoms with Crippen molar-refractivity contribution in [2.24, 2.45) is 0 Å². The van der Waals surface area contributed by atoms with Gasteiger partial charge in [-0.05, 0) is 114 Å². The van der Waals surface area contributed by atoms with Crippen LogP contribution in [0.1, 0.15) is 28.2 Å². The minimum absolute atomic E-state index is 0.0291. The van der Waals surface area contributed by atoms with E-state index < -0.39 is 0 Å². The molecule has 0 radical (unpaired) electrons. The average Bonchev–Trinajstić information content (AvgIpc) is 3.93. The number of anilines is 5. The van der Waals surface area contributed by atoms with Gasteiger partial charge in [-0.15, -0.1) is 11.3 Å². The van der Waals surface area contributed by atoms with E-state index in [-0.39, 0.29) is 5.92 Å². The minimum atomic E-state index is -0.0291. The van der Waals surface area contributed by atoms with Gasteiger partial charge in [-0.25, -0.2) is 0 Å². The molecule has 0 saturated heterocycles. The second-order valence-electron chi connectivity index (χ2n) is 17.8. The van der Waals surface area contributed by atoms with Crippen LogP contribution in [-0.2, 0) is 0 Å². The highest BCUT2D eigenvalue weighted by atomic mass is 32.1. The Labute approximate surface area is 395 Å². The summed E-state index contributed by atoms with van der Waals surface area (Å²) in [6.45, 7) is 2.15. The normalized spacial score (nSPS) is 11.9. The Morgan fingerprint density at radius 3 is 1.81 bits per heavy atom. The summed E-state index contributed by atoms with van der Waals surface area (Å²) in [5, 5.41) is 9.22. The summed E-state index contributed by atoms with van der Waals surface area (Å²) in [5.41, 5.74) is 19.3. The number of rotatable bonds is 9. The van der Waals surface area contributed by atoms with Gasteiger partial charge in [0.1, 0.15) is 0 Å². The maximum Gasteiger partial charge on any atom is 0.198 e. The van der Waals surface area contributed by atoms with Gasteiger partial charge in [-0.3, -0.25) is 0 Å². The summed E-state index contributed by atoms with van der Waals surface area (Å²) in [7, 11) is 0.801. The summed E-state index contributed by atoms with van der Waals surface area (Å²) in [5.74, 6) is -0.0291. The molecule has 2 aromatic heterocycles. The van der Waals surface area contributed by atoms with Crippen LogP contribution >= 0.6 is 11.3 Å². The van der Waals surface area contributed by atoms with Crippen molar-refractivity contribution in [1.29, 1.82) is 0 Å². The molecular weight excluding hydrogens is 830 g/mol. The molecule has 3 heterocycles. The molecule has 0 spiro atoms. The highest BCUT2D eigenvalue weighted by molar-refractivity contribution is 7.26. The van der Waals surface area contributed by atoms with Crippen LogP contribution < -0.4 is 21.1 Å². The number of para-hydroxylation sites is 3. The lowest BCUT2D eigenvalue weighted by Gasteiger charge is -2.29. The zero-order valence-corrected chi connectivity index (χ0v) is 37.8. The van der Waals surface area contributed by atoms with Crippen molar-refractivity contribution >= 4 is 100.0 Å². The SMILES string of the molecule is Cc1ccc(Nc2cc(N(c3ccccc3)c3ccccc3)ccc2-c2cc(C(c3ccccc3)c3ccccc3)c3c4ccccc4n4c3c2Bc2cc3sc5ccccc5c3cc2-4)cc1. The molecule has 12 aromatic rings. The van der Waals surface area contributed by atoms with E-state index in [2.05, 4.69) is 252 Å². The molecule has 13 rings (SSSR count). The van der Waals surface area contributed by atoms with Crippen molar-refractivity contribution in [2.75, 3.05) is 10.2 Å². The van der Waals surface area contributed by atoms with E-state index in [0.717, 1.165) is 41.3 Å². The fourth-order valence-electron chi connectivity index (χ4n) is 10.7. The standard InChI is InChI=1S/C62H44BN3S/c1-40-30-32-43(33-31-40)64-54-36-46(65(44-22-10-4-11-23-44)45-24-12-5-13-25-45)34-35-47(54)51-37-52(59(41-18-6-2-7-19-41)42-20-8-3-9-21-42)60-49-27-14-16-28-55(49)66-56-38-50-48-26-15-17-29-57(48)67-58(50)39-53(56)63-61(51)62(60)66/h2-39,59,63-64H,1H3. The highest BCUT2D eigenvalue weighted by Gasteiger charge is 2.32. The van der Waals surface area contributed by atoms with E-state index in [1.807, 2.05) is 11.3 Å². The predicted molar refractivity (Wildman–Crippen MR) is 288 cm³/mol. The number of benzene rings is 10. The van der Waals surface area contributed by atoms with Crippen LogP contribution in [-0.4, -0.2) is 11.8 Å². The second kappa shape index (κ2) is 16.1. The third kappa shape index (κ3) is 6.65. The Morgan fingerprint density at radius 1 is 0.507 bits per heavy atom. The summed E-state index contributed by atoms with van der Waals surface area (Å²) >= 11 is 1.90. The van der Waals surface area contributed by atoms with Gasteiger partial charge in [0, 0.05) is 82.1 Å². The molecule has 0 bridgehead atoms. The lowest BCUT2D eigenvalue weighted by molar-refractivity contribution is 0.990. The Bertz CT molecular complexity index is 3730. The average molecular weight is 874 g/mol. The molecule has 5 heteroatoms. The summed E-state index contributed by atoms with van der Waals surface area (Å²) in [6, 6.07) is 84.9. The smallest absolute Gasteiger partial charge is 0.198 e. The zero-order valence-electron chi connectivity index (χ0n) is 37.0. The first kappa shape index (κ1) is 39.3. The van der Waals surface area contributed by atoms with Crippen LogP contribution in [0.2, 0.25) is 0 Å². The minimum Gasteiger partial charge on any atom is -0.355 e. The third-order valence-corrected chi connectivity index (χ3v) is 14.9. The Kier molecular flexibility index (Phi) is 9.43. The number of hydrogen-bond donors (Lipinski definition) is 1. The number of nitrogens with one attached hydrogen (secondary N) is 1. The summed E-state index contributed by atoms with van der Waals surface area (Å²) in [6.07, 6.45) is 0. The molecule has 10 aromatic carbocycles. The van der Waals surface area contributed by atoms with Crippen molar-refractivity contribution in [3.05, 3.63) is 253 Å². The molecule has 0 aliphatic carbocycles. The lowest BCUT2D eigenvalue weighted by Crippen LogP contribution is -2.37. The van der Waals surface area contributed by atoms with Gasteiger partial charge in [0.15, 0.2) is 7.28 Å². The molecule has 1 N–H and O–H groups in total. The molecule has 3 nitrogen and oxygen atoms in total. The molecule has 0 saturated carbocycles. The quantitative estimate of drug-likeness (QED) is 0.115. The number of hydrogen-bond acceptors (Lipinski definition) is 3. The van der Waals surface area contributed by atoms with Crippen molar-refractivity contribution < 1.29 is 0 Å². The highest BCUT2D eigenvalue weighted by Crippen LogP contribution is 2.47. The maximum absolute atomic E-state index is 3.99. The first-order chi connectivity index (χ1) is 33.1. The molecule has 0 fully saturated rings. The first-order valence-corrected chi connectivity index (χ1v) is 24.0. The van der Waals surface area contributed by atoms with Crippen molar-refractivity contribution in [3.8, 4) is 16.8 Å². The van der Waals surface area contributed by atoms with E-state index in [9.17, 15) is 0 Å². The topological polar surface area (TPSA) is 20.2 Å². The lowest BCUT2D eigenvalue weighted by atomic mass is 9.58. The van der Waals surface area contributed by atoms with Gasteiger partial charge in [0.25, 0.3) is 0 Å².